The molecule has 2 atom stereocenters. The second-order valence-corrected chi connectivity index (χ2v) is 6.92. The number of phenolic OH excluding ortho intramolecular Hbond substituents is 2. The fourth-order valence-electron chi connectivity index (χ4n) is 4.49. The molecule has 5 heteroatoms. The van der Waals surface area contributed by atoms with E-state index in [4.69, 9.17) is 9.47 Å². The van der Waals surface area contributed by atoms with E-state index in [1.165, 1.54) is 5.56 Å². The molecular formula is C21H24NO4+. The highest BCUT2D eigenvalue weighted by Crippen LogP contribution is 2.48. The van der Waals surface area contributed by atoms with Crippen LogP contribution in [0.5, 0.6) is 23.0 Å². The fourth-order valence-corrected chi connectivity index (χ4v) is 4.49. The van der Waals surface area contributed by atoms with Crippen LogP contribution < -0.4 is 9.47 Å². The monoisotopic (exact) mass is 354 g/mol. The highest BCUT2D eigenvalue weighted by Gasteiger charge is 2.42. The summed E-state index contributed by atoms with van der Waals surface area (Å²) in [5.41, 5.74) is 4.50. The summed E-state index contributed by atoms with van der Waals surface area (Å²) in [5, 5.41) is 19.9. The smallest absolute Gasteiger partial charge is 0.185 e. The Morgan fingerprint density at radius 3 is 2.54 bits per heavy atom. The predicted octanol–water partition coefficient (Wildman–Crippen LogP) is 3.35. The Morgan fingerprint density at radius 1 is 1.08 bits per heavy atom. The molecule has 2 aromatic rings. The summed E-state index contributed by atoms with van der Waals surface area (Å²) in [6, 6.07) is 7.65. The van der Waals surface area contributed by atoms with E-state index >= 15 is 0 Å². The molecule has 0 saturated carbocycles. The summed E-state index contributed by atoms with van der Waals surface area (Å²) in [6.45, 7) is 3.04. The van der Waals surface area contributed by atoms with Crippen molar-refractivity contribution in [1.29, 1.82) is 0 Å². The Hall–Kier alpha value is -2.69. The maximum Gasteiger partial charge on any atom is 0.185 e. The summed E-state index contributed by atoms with van der Waals surface area (Å²) < 4.78 is 13.5. The standard InChI is InChI=1S/C21H23NO4/c1-4-13-14-5-6-19(25-2)21(26-3)16(14)11-22-8-7-12-9-17(23)18(24)10-15(12)20(13)22/h5-6,9-11,13,20H,4,7-8H2,1-3H3,(H-,23,24)/p+1. The molecule has 0 saturated heterocycles. The van der Waals surface area contributed by atoms with Crippen LogP contribution in [0.1, 0.15) is 47.6 Å². The summed E-state index contributed by atoms with van der Waals surface area (Å²) in [7, 11) is 3.32. The zero-order valence-electron chi connectivity index (χ0n) is 15.3. The maximum atomic E-state index is 10.1. The first-order valence-electron chi connectivity index (χ1n) is 8.99. The van der Waals surface area contributed by atoms with Gasteiger partial charge in [0.25, 0.3) is 0 Å². The minimum absolute atomic E-state index is 0.0446. The van der Waals surface area contributed by atoms with Crippen molar-refractivity contribution in [3.05, 3.63) is 46.5 Å². The zero-order chi connectivity index (χ0) is 18.4. The molecule has 5 nitrogen and oxygen atoms in total. The number of ether oxygens (including phenoxy) is 2. The summed E-state index contributed by atoms with van der Waals surface area (Å²) in [6.07, 6.45) is 3.94. The Kier molecular flexibility index (Phi) is 4.02. The molecule has 0 amide bonds. The third-order valence-electron chi connectivity index (χ3n) is 5.68. The van der Waals surface area contributed by atoms with E-state index in [2.05, 4.69) is 23.8 Å². The molecule has 0 aromatic heterocycles. The molecular weight excluding hydrogens is 330 g/mol. The molecule has 4 rings (SSSR count). The number of fused-ring (bicyclic) bond motifs is 4. The molecule has 136 valence electrons. The van der Waals surface area contributed by atoms with Gasteiger partial charge in [-0.05, 0) is 35.7 Å². The van der Waals surface area contributed by atoms with Gasteiger partial charge in [-0.25, -0.2) is 4.58 Å². The van der Waals surface area contributed by atoms with Crippen LogP contribution in [0.4, 0.5) is 0 Å². The quantitative estimate of drug-likeness (QED) is 0.655. The molecule has 26 heavy (non-hydrogen) atoms. The van der Waals surface area contributed by atoms with E-state index in [1.807, 2.05) is 6.07 Å². The van der Waals surface area contributed by atoms with Gasteiger partial charge in [-0.15, -0.1) is 0 Å². The second-order valence-electron chi connectivity index (χ2n) is 6.92. The minimum Gasteiger partial charge on any atom is -0.504 e. The first-order chi connectivity index (χ1) is 12.6. The molecule has 2 unspecified atom stereocenters. The Bertz CT molecular complexity index is 903. The van der Waals surface area contributed by atoms with Crippen LogP contribution in [0.15, 0.2) is 24.3 Å². The van der Waals surface area contributed by atoms with Crippen molar-refractivity contribution < 1.29 is 24.3 Å². The molecule has 0 spiro atoms. The average Bonchev–Trinajstić information content (AvgIpc) is 2.66. The molecule has 2 N–H and O–H groups in total. The van der Waals surface area contributed by atoms with Gasteiger partial charge in [0.2, 0.25) is 0 Å². The van der Waals surface area contributed by atoms with Crippen molar-refractivity contribution >= 4 is 6.21 Å². The van der Waals surface area contributed by atoms with Crippen molar-refractivity contribution in [2.75, 3.05) is 20.8 Å². The first kappa shape index (κ1) is 16.8. The van der Waals surface area contributed by atoms with Gasteiger partial charge in [-0.1, -0.05) is 13.0 Å². The van der Waals surface area contributed by atoms with Gasteiger partial charge in [0, 0.05) is 12.0 Å². The fraction of sp³-hybridized carbons (Fsp3) is 0.381. The van der Waals surface area contributed by atoms with Crippen LogP contribution in [-0.2, 0) is 6.42 Å². The van der Waals surface area contributed by atoms with Gasteiger partial charge in [-0.3, -0.25) is 0 Å². The Labute approximate surface area is 153 Å². The summed E-state index contributed by atoms with van der Waals surface area (Å²) in [5.74, 6) is 1.66. The van der Waals surface area contributed by atoms with Crippen LogP contribution in [-0.4, -0.2) is 41.8 Å². The molecule has 2 aliphatic rings. The van der Waals surface area contributed by atoms with E-state index in [9.17, 15) is 10.2 Å². The number of phenols is 2. The lowest BCUT2D eigenvalue weighted by atomic mass is 9.77. The van der Waals surface area contributed by atoms with Crippen LogP contribution in [0, 0.1) is 0 Å². The normalized spacial score (nSPS) is 20.5. The van der Waals surface area contributed by atoms with Crippen LogP contribution in [0.2, 0.25) is 0 Å². The lowest BCUT2D eigenvalue weighted by Crippen LogP contribution is -2.36. The molecule has 2 aliphatic heterocycles. The zero-order valence-corrected chi connectivity index (χ0v) is 15.3. The van der Waals surface area contributed by atoms with E-state index in [0.29, 0.717) is 0 Å². The number of rotatable bonds is 3. The molecule has 2 heterocycles. The average molecular weight is 354 g/mol. The van der Waals surface area contributed by atoms with E-state index in [-0.39, 0.29) is 23.5 Å². The topological polar surface area (TPSA) is 61.9 Å². The lowest BCUT2D eigenvalue weighted by molar-refractivity contribution is -0.578. The van der Waals surface area contributed by atoms with Crippen LogP contribution in [0.3, 0.4) is 0 Å². The number of nitrogens with zero attached hydrogens (tertiary/aromatic N) is 1. The van der Waals surface area contributed by atoms with Crippen LogP contribution >= 0.6 is 0 Å². The van der Waals surface area contributed by atoms with Gasteiger partial charge in [-0.2, -0.15) is 0 Å². The van der Waals surface area contributed by atoms with E-state index < -0.39 is 0 Å². The molecule has 0 aliphatic carbocycles. The highest BCUT2D eigenvalue weighted by atomic mass is 16.5. The number of benzene rings is 2. The molecule has 0 radical (unpaired) electrons. The van der Waals surface area contributed by atoms with Gasteiger partial charge in [0.15, 0.2) is 35.3 Å². The summed E-state index contributed by atoms with van der Waals surface area (Å²) >= 11 is 0. The van der Waals surface area contributed by atoms with Gasteiger partial charge < -0.3 is 19.7 Å². The third kappa shape index (κ3) is 2.34. The molecule has 0 bridgehead atoms. The second kappa shape index (κ2) is 6.24. The number of methoxy groups -OCH3 is 2. The third-order valence-corrected chi connectivity index (χ3v) is 5.68. The predicted molar refractivity (Wildman–Crippen MR) is 99.1 cm³/mol. The lowest BCUT2D eigenvalue weighted by Gasteiger charge is -2.34. The number of hydrogen-bond donors (Lipinski definition) is 2. The number of hydrogen-bond acceptors (Lipinski definition) is 4. The Morgan fingerprint density at radius 2 is 1.85 bits per heavy atom. The highest BCUT2D eigenvalue weighted by molar-refractivity contribution is 5.86. The maximum absolute atomic E-state index is 10.1. The first-order valence-corrected chi connectivity index (χ1v) is 8.99. The van der Waals surface area contributed by atoms with Crippen molar-refractivity contribution in [3.63, 3.8) is 0 Å². The largest absolute Gasteiger partial charge is 0.504 e. The SMILES string of the molecule is CCC1c2ccc(OC)c(OC)c2C=[N+]2CCc3cc(O)c(O)cc3C12. The van der Waals surface area contributed by atoms with Crippen molar-refractivity contribution in [1.82, 2.24) is 0 Å². The van der Waals surface area contributed by atoms with E-state index in [1.54, 1.807) is 26.4 Å². The van der Waals surface area contributed by atoms with Crippen molar-refractivity contribution in [3.8, 4) is 23.0 Å². The van der Waals surface area contributed by atoms with E-state index in [0.717, 1.165) is 47.6 Å². The van der Waals surface area contributed by atoms with Gasteiger partial charge in [0.1, 0.15) is 6.54 Å². The molecule has 2 aromatic carbocycles. The Balaban J connectivity index is 1.93. The van der Waals surface area contributed by atoms with Gasteiger partial charge >= 0.3 is 0 Å². The minimum atomic E-state index is -0.0569. The van der Waals surface area contributed by atoms with Crippen molar-refractivity contribution in [2.45, 2.75) is 31.7 Å². The number of aromatic hydroxyl groups is 2. The van der Waals surface area contributed by atoms with Crippen molar-refractivity contribution in [2.24, 2.45) is 0 Å². The van der Waals surface area contributed by atoms with Gasteiger partial charge in [0.05, 0.1) is 25.7 Å². The van der Waals surface area contributed by atoms with Crippen LogP contribution in [0.25, 0.3) is 0 Å². The molecule has 0 fully saturated rings. The summed E-state index contributed by atoms with van der Waals surface area (Å²) in [4.78, 5) is 0.